The summed E-state index contributed by atoms with van der Waals surface area (Å²) in [6, 6.07) is 13.8. The van der Waals surface area contributed by atoms with Gasteiger partial charge in [0.1, 0.15) is 0 Å². The van der Waals surface area contributed by atoms with Crippen molar-refractivity contribution in [3.05, 3.63) is 83.3 Å². The van der Waals surface area contributed by atoms with Gasteiger partial charge in [-0.25, -0.2) is 9.97 Å². The van der Waals surface area contributed by atoms with Gasteiger partial charge in [0.2, 0.25) is 5.95 Å². The fourth-order valence-corrected chi connectivity index (χ4v) is 5.92. The zero-order valence-corrected chi connectivity index (χ0v) is 25.2. The zero-order chi connectivity index (χ0) is 29.4. The van der Waals surface area contributed by atoms with Gasteiger partial charge in [0.15, 0.2) is 0 Å². The summed E-state index contributed by atoms with van der Waals surface area (Å²) in [6.07, 6.45) is 9.16. The van der Waals surface area contributed by atoms with Crippen LogP contribution in [0.4, 0.5) is 17.3 Å². The number of nitrogens with zero attached hydrogens (tertiary/aromatic N) is 5. The second kappa shape index (κ2) is 11.1. The Hall–Kier alpha value is -4.04. The minimum Gasteiger partial charge on any atom is -0.324 e. The standard InChI is InChI=1S/C33H41N7O/c1-22-9-10-24(20-40-32(3,4)15-8-16-33(40,5)6)17-28(22)37-30(41)25-11-13-27(14-12-25)36-31-34-18-23(2)29(38-31)26-19-35-39(7)21-26/h9-14,17-19,21H,8,15-16,20H2,1-7H3,(H,37,41)(H,34,36,38). The van der Waals surface area contributed by atoms with Gasteiger partial charge in [0.25, 0.3) is 5.91 Å². The van der Waals surface area contributed by atoms with Crippen molar-refractivity contribution in [1.29, 1.82) is 0 Å². The third kappa shape index (κ3) is 6.33. The van der Waals surface area contributed by atoms with E-state index in [2.05, 4.69) is 76.5 Å². The van der Waals surface area contributed by atoms with Crippen LogP contribution in [0.2, 0.25) is 0 Å². The van der Waals surface area contributed by atoms with Crippen molar-refractivity contribution in [2.75, 3.05) is 10.6 Å². The number of benzene rings is 2. The monoisotopic (exact) mass is 551 g/mol. The molecule has 1 saturated heterocycles. The number of nitrogens with one attached hydrogen (secondary N) is 2. The summed E-state index contributed by atoms with van der Waals surface area (Å²) in [4.78, 5) is 24.9. The molecule has 1 fully saturated rings. The summed E-state index contributed by atoms with van der Waals surface area (Å²) in [6.45, 7) is 14.2. The predicted molar refractivity (Wildman–Crippen MR) is 165 cm³/mol. The molecule has 8 nitrogen and oxygen atoms in total. The van der Waals surface area contributed by atoms with Crippen LogP contribution >= 0.6 is 0 Å². The van der Waals surface area contributed by atoms with E-state index in [4.69, 9.17) is 0 Å². The van der Waals surface area contributed by atoms with Crippen LogP contribution in [-0.2, 0) is 13.6 Å². The largest absolute Gasteiger partial charge is 0.324 e. The molecular weight excluding hydrogens is 510 g/mol. The predicted octanol–water partition coefficient (Wildman–Crippen LogP) is 7.03. The number of piperidine rings is 1. The Morgan fingerprint density at radius 2 is 1.66 bits per heavy atom. The molecule has 3 heterocycles. The third-order valence-electron chi connectivity index (χ3n) is 8.28. The van der Waals surface area contributed by atoms with E-state index in [1.165, 1.54) is 24.8 Å². The van der Waals surface area contributed by atoms with Crippen molar-refractivity contribution < 1.29 is 4.79 Å². The molecule has 0 spiro atoms. The van der Waals surface area contributed by atoms with Crippen molar-refractivity contribution >= 4 is 23.2 Å². The van der Waals surface area contributed by atoms with Crippen LogP contribution in [0.5, 0.6) is 0 Å². The summed E-state index contributed by atoms with van der Waals surface area (Å²) in [7, 11) is 1.88. The molecule has 0 unspecified atom stereocenters. The van der Waals surface area contributed by atoms with E-state index in [1.54, 1.807) is 17.1 Å². The highest BCUT2D eigenvalue weighted by Gasteiger charge is 2.40. The third-order valence-corrected chi connectivity index (χ3v) is 8.28. The molecule has 2 aromatic carbocycles. The maximum Gasteiger partial charge on any atom is 0.255 e. The topological polar surface area (TPSA) is 88.0 Å². The second-order valence-electron chi connectivity index (χ2n) is 12.5. The molecule has 2 N–H and O–H groups in total. The molecule has 1 aliphatic heterocycles. The van der Waals surface area contributed by atoms with Crippen LogP contribution < -0.4 is 10.6 Å². The van der Waals surface area contributed by atoms with Crippen LogP contribution in [0, 0.1) is 13.8 Å². The molecule has 1 aliphatic rings. The SMILES string of the molecule is Cc1ccc(CN2C(C)(C)CCCC2(C)C)cc1NC(=O)c1ccc(Nc2ncc(C)c(-c3cnn(C)c3)n2)cc1. The van der Waals surface area contributed by atoms with E-state index < -0.39 is 0 Å². The lowest BCUT2D eigenvalue weighted by molar-refractivity contribution is -0.0340. The zero-order valence-electron chi connectivity index (χ0n) is 25.2. The van der Waals surface area contributed by atoms with E-state index in [0.29, 0.717) is 11.5 Å². The molecule has 0 bridgehead atoms. The fraction of sp³-hybridized carbons (Fsp3) is 0.394. The van der Waals surface area contributed by atoms with Crippen molar-refractivity contribution in [3.63, 3.8) is 0 Å². The van der Waals surface area contributed by atoms with Crippen LogP contribution in [0.15, 0.2) is 61.1 Å². The Labute approximate surface area is 243 Å². The molecular formula is C33H41N7O. The fourth-order valence-electron chi connectivity index (χ4n) is 5.92. The van der Waals surface area contributed by atoms with Crippen LogP contribution in [0.3, 0.4) is 0 Å². The number of likely N-dealkylation sites (tertiary alicyclic amines) is 1. The Morgan fingerprint density at radius 3 is 2.32 bits per heavy atom. The van der Waals surface area contributed by atoms with E-state index in [9.17, 15) is 4.79 Å². The first kappa shape index (κ1) is 28.5. The maximum absolute atomic E-state index is 13.2. The highest BCUT2D eigenvalue weighted by Crippen LogP contribution is 2.39. The lowest BCUT2D eigenvalue weighted by Gasteiger charge is -2.53. The smallest absolute Gasteiger partial charge is 0.255 e. The van der Waals surface area contributed by atoms with E-state index in [-0.39, 0.29) is 17.0 Å². The molecule has 1 amide bonds. The van der Waals surface area contributed by atoms with Gasteiger partial charge in [0.05, 0.1) is 11.9 Å². The first-order valence-corrected chi connectivity index (χ1v) is 14.3. The minimum absolute atomic E-state index is 0.135. The molecule has 214 valence electrons. The molecule has 4 aromatic rings. The van der Waals surface area contributed by atoms with Crippen molar-refractivity contribution in [3.8, 4) is 11.3 Å². The number of aromatic nitrogens is 4. The van der Waals surface area contributed by atoms with Gasteiger partial charge in [-0.05, 0) is 108 Å². The number of aryl methyl sites for hydroxylation is 3. The number of amides is 1. The van der Waals surface area contributed by atoms with Gasteiger partial charge < -0.3 is 10.6 Å². The number of carbonyl (C=O) groups is 1. The number of anilines is 3. The van der Waals surface area contributed by atoms with Crippen LogP contribution in [-0.4, -0.2) is 41.6 Å². The Bertz CT molecular complexity index is 1540. The molecule has 8 heteroatoms. The lowest BCUT2D eigenvalue weighted by Crippen LogP contribution is -2.57. The normalized spacial score (nSPS) is 16.4. The highest BCUT2D eigenvalue weighted by atomic mass is 16.1. The number of hydrogen-bond donors (Lipinski definition) is 2. The average molecular weight is 552 g/mol. The van der Waals surface area contributed by atoms with Gasteiger partial charge in [-0.2, -0.15) is 5.10 Å². The quantitative estimate of drug-likeness (QED) is 0.256. The van der Waals surface area contributed by atoms with Gasteiger partial charge in [-0.15, -0.1) is 0 Å². The minimum atomic E-state index is -0.138. The van der Waals surface area contributed by atoms with Gasteiger partial charge in [-0.1, -0.05) is 12.1 Å². The Morgan fingerprint density at radius 1 is 0.951 bits per heavy atom. The molecule has 0 saturated carbocycles. The van der Waals surface area contributed by atoms with Crippen LogP contribution in [0.1, 0.15) is 74.0 Å². The number of rotatable bonds is 7. The van der Waals surface area contributed by atoms with E-state index in [0.717, 1.165) is 40.3 Å². The molecule has 0 atom stereocenters. The molecule has 5 rings (SSSR count). The summed E-state index contributed by atoms with van der Waals surface area (Å²) < 4.78 is 1.75. The molecule has 2 aromatic heterocycles. The molecule has 0 aliphatic carbocycles. The van der Waals surface area contributed by atoms with Crippen LogP contribution in [0.25, 0.3) is 11.3 Å². The number of hydrogen-bond acceptors (Lipinski definition) is 6. The highest BCUT2D eigenvalue weighted by molar-refractivity contribution is 6.04. The summed E-state index contributed by atoms with van der Waals surface area (Å²) in [5.74, 6) is 0.347. The van der Waals surface area contributed by atoms with E-state index >= 15 is 0 Å². The van der Waals surface area contributed by atoms with Gasteiger partial charge in [0, 0.05) is 59.6 Å². The van der Waals surface area contributed by atoms with Crippen molar-refractivity contribution in [2.24, 2.45) is 7.05 Å². The summed E-state index contributed by atoms with van der Waals surface area (Å²) in [5.41, 5.74) is 7.48. The molecule has 41 heavy (non-hydrogen) atoms. The Kier molecular flexibility index (Phi) is 7.70. The van der Waals surface area contributed by atoms with Gasteiger partial charge >= 0.3 is 0 Å². The maximum atomic E-state index is 13.2. The molecule has 0 radical (unpaired) electrons. The first-order valence-electron chi connectivity index (χ1n) is 14.3. The van der Waals surface area contributed by atoms with E-state index in [1.807, 2.05) is 51.4 Å². The van der Waals surface area contributed by atoms with Crippen molar-refractivity contribution in [1.82, 2.24) is 24.6 Å². The number of carbonyl (C=O) groups excluding carboxylic acids is 1. The Balaban J connectivity index is 1.27. The second-order valence-corrected chi connectivity index (χ2v) is 12.5. The van der Waals surface area contributed by atoms with Gasteiger partial charge in [-0.3, -0.25) is 14.4 Å². The average Bonchev–Trinajstić information content (AvgIpc) is 3.35. The summed E-state index contributed by atoms with van der Waals surface area (Å²) in [5, 5.41) is 10.6. The summed E-state index contributed by atoms with van der Waals surface area (Å²) >= 11 is 0. The van der Waals surface area contributed by atoms with Crippen molar-refractivity contribution in [2.45, 2.75) is 78.4 Å². The first-order chi connectivity index (χ1) is 19.4. The lowest BCUT2D eigenvalue weighted by atomic mass is 9.79.